The van der Waals surface area contributed by atoms with Crippen molar-refractivity contribution in [2.24, 2.45) is 0 Å². The van der Waals surface area contributed by atoms with Gasteiger partial charge in [0.25, 0.3) is 0 Å². The minimum absolute atomic E-state index is 0.610. The molecule has 1 fully saturated rings. The van der Waals surface area contributed by atoms with Crippen molar-refractivity contribution in [2.45, 2.75) is 38.6 Å². The van der Waals surface area contributed by atoms with Crippen molar-refractivity contribution in [3.05, 3.63) is 11.1 Å². The van der Waals surface area contributed by atoms with E-state index in [-0.39, 0.29) is 0 Å². The molecule has 0 spiro atoms. The topological polar surface area (TPSA) is 55.0 Å². The number of nitrogens with two attached hydrogens (primary N) is 1. The van der Waals surface area contributed by atoms with E-state index in [1.807, 2.05) is 6.92 Å². The van der Waals surface area contributed by atoms with Gasteiger partial charge in [-0.1, -0.05) is 12.8 Å². The highest BCUT2D eigenvalue weighted by Crippen LogP contribution is 2.42. The van der Waals surface area contributed by atoms with Crippen molar-refractivity contribution in [3.63, 3.8) is 0 Å². The summed E-state index contributed by atoms with van der Waals surface area (Å²) in [6, 6.07) is 0.625. The van der Waals surface area contributed by atoms with E-state index in [4.69, 9.17) is 5.73 Å². The minimum Gasteiger partial charge on any atom is -0.382 e. The second kappa shape index (κ2) is 5.09. The zero-order chi connectivity index (χ0) is 13.4. The van der Waals surface area contributed by atoms with Gasteiger partial charge in [0.2, 0.25) is 0 Å². The molecule has 19 heavy (non-hydrogen) atoms. The summed E-state index contributed by atoms with van der Waals surface area (Å²) in [5, 5.41) is 4.22. The molecule has 2 aromatic heterocycles. The molecular weight excluding hydrogens is 276 g/mol. The number of anilines is 2. The van der Waals surface area contributed by atoms with Gasteiger partial charge in [0.05, 0.1) is 5.56 Å². The van der Waals surface area contributed by atoms with Crippen LogP contribution < -0.4 is 10.6 Å². The van der Waals surface area contributed by atoms with Crippen LogP contribution in [0.5, 0.6) is 0 Å². The summed E-state index contributed by atoms with van der Waals surface area (Å²) < 4.78 is 4.34. The van der Waals surface area contributed by atoms with Crippen LogP contribution >= 0.6 is 22.9 Å². The molecular formula is C13H18N4S2. The molecule has 0 atom stereocenters. The maximum Gasteiger partial charge on any atom is 0.149 e. The van der Waals surface area contributed by atoms with E-state index >= 15 is 0 Å². The zero-order valence-corrected chi connectivity index (χ0v) is 12.9. The van der Waals surface area contributed by atoms with Crippen LogP contribution in [0.3, 0.4) is 0 Å². The Morgan fingerprint density at radius 2 is 2.11 bits per heavy atom. The first-order valence-corrected chi connectivity index (χ1v) is 8.22. The van der Waals surface area contributed by atoms with Gasteiger partial charge < -0.3 is 10.6 Å². The van der Waals surface area contributed by atoms with E-state index in [1.54, 1.807) is 11.3 Å². The predicted molar refractivity (Wildman–Crippen MR) is 83.0 cm³/mol. The Bertz CT molecular complexity index is 569. The van der Waals surface area contributed by atoms with Crippen LogP contribution in [0, 0.1) is 6.92 Å². The van der Waals surface area contributed by atoms with Crippen molar-refractivity contribution in [2.75, 3.05) is 17.7 Å². The molecule has 0 unspecified atom stereocenters. The standard InChI is InChI=1S/C13H18N4S2/c1-8-7-18-12(15-8)10-11(14)16-19-13(10)17(2)9-5-3-4-6-9/h7,9H,3-6H2,1-2H3,(H2,14,16). The third kappa shape index (κ3) is 2.34. The highest BCUT2D eigenvalue weighted by Gasteiger charge is 2.26. The largest absolute Gasteiger partial charge is 0.382 e. The molecule has 0 amide bonds. The third-order valence-electron chi connectivity index (χ3n) is 3.73. The van der Waals surface area contributed by atoms with Crippen LogP contribution in [0.25, 0.3) is 10.6 Å². The fourth-order valence-corrected chi connectivity index (χ4v) is 4.42. The number of hydrogen-bond donors (Lipinski definition) is 1. The Hall–Kier alpha value is -1.14. The normalized spacial score (nSPS) is 16.1. The molecule has 0 bridgehead atoms. The molecule has 0 saturated heterocycles. The number of thiazole rings is 1. The second-order valence-electron chi connectivity index (χ2n) is 5.09. The molecule has 4 nitrogen and oxygen atoms in total. The monoisotopic (exact) mass is 294 g/mol. The first-order valence-electron chi connectivity index (χ1n) is 6.57. The number of nitrogen functional groups attached to an aromatic ring is 1. The number of aromatic nitrogens is 2. The first kappa shape index (κ1) is 12.9. The molecule has 1 saturated carbocycles. The van der Waals surface area contributed by atoms with Gasteiger partial charge in [-0.25, -0.2) is 4.98 Å². The molecule has 1 aliphatic carbocycles. The molecule has 2 aromatic rings. The second-order valence-corrected chi connectivity index (χ2v) is 6.70. The number of nitrogens with zero attached hydrogens (tertiary/aromatic N) is 3. The van der Waals surface area contributed by atoms with E-state index in [1.165, 1.54) is 42.2 Å². The number of hydrogen-bond acceptors (Lipinski definition) is 6. The Balaban J connectivity index is 1.98. The molecule has 1 aliphatic rings. The predicted octanol–water partition coefficient (Wildman–Crippen LogP) is 3.54. The molecule has 0 aliphatic heterocycles. The smallest absolute Gasteiger partial charge is 0.149 e. The van der Waals surface area contributed by atoms with E-state index in [0.717, 1.165) is 16.3 Å². The maximum atomic E-state index is 6.06. The van der Waals surface area contributed by atoms with E-state index in [9.17, 15) is 0 Å². The van der Waals surface area contributed by atoms with Gasteiger partial charge in [-0.3, -0.25) is 0 Å². The lowest BCUT2D eigenvalue weighted by molar-refractivity contribution is 0.658. The average Bonchev–Trinajstić information content (AvgIpc) is 3.08. The van der Waals surface area contributed by atoms with Gasteiger partial charge in [0, 0.05) is 24.2 Å². The van der Waals surface area contributed by atoms with Gasteiger partial charge in [-0.05, 0) is 31.3 Å². The highest BCUT2D eigenvalue weighted by atomic mass is 32.1. The fourth-order valence-electron chi connectivity index (χ4n) is 2.66. The average molecular weight is 294 g/mol. The third-order valence-corrected chi connectivity index (χ3v) is 5.66. The molecule has 2 heterocycles. The number of aryl methyl sites for hydroxylation is 1. The highest BCUT2D eigenvalue weighted by molar-refractivity contribution is 7.15. The first-order chi connectivity index (χ1) is 9.16. The van der Waals surface area contributed by atoms with Crippen LogP contribution in [-0.4, -0.2) is 22.4 Å². The van der Waals surface area contributed by atoms with E-state index < -0.39 is 0 Å². The van der Waals surface area contributed by atoms with Crippen LogP contribution in [0.1, 0.15) is 31.4 Å². The van der Waals surface area contributed by atoms with Crippen LogP contribution in [0.15, 0.2) is 5.38 Å². The van der Waals surface area contributed by atoms with Gasteiger partial charge in [-0.15, -0.1) is 11.3 Å². The lowest BCUT2D eigenvalue weighted by Crippen LogP contribution is -2.28. The molecule has 6 heteroatoms. The molecule has 2 N–H and O–H groups in total. The van der Waals surface area contributed by atoms with Crippen molar-refractivity contribution >= 4 is 33.7 Å². The summed E-state index contributed by atoms with van der Waals surface area (Å²) in [6.07, 6.45) is 5.19. The summed E-state index contributed by atoms with van der Waals surface area (Å²) >= 11 is 3.14. The fraction of sp³-hybridized carbons (Fsp3) is 0.538. The van der Waals surface area contributed by atoms with Gasteiger partial charge in [0.1, 0.15) is 15.8 Å². The van der Waals surface area contributed by atoms with Crippen LogP contribution in [0.2, 0.25) is 0 Å². The SMILES string of the molecule is Cc1csc(-c2c(N)nsc2N(C)C2CCCC2)n1. The summed E-state index contributed by atoms with van der Waals surface area (Å²) in [7, 11) is 2.16. The lowest BCUT2D eigenvalue weighted by atomic mass is 10.2. The Kier molecular flexibility index (Phi) is 3.45. The van der Waals surface area contributed by atoms with Crippen molar-refractivity contribution in [3.8, 4) is 10.6 Å². The van der Waals surface area contributed by atoms with Crippen molar-refractivity contribution in [1.82, 2.24) is 9.36 Å². The summed E-state index contributed by atoms with van der Waals surface area (Å²) in [4.78, 5) is 6.92. The Morgan fingerprint density at radius 1 is 1.37 bits per heavy atom. The van der Waals surface area contributed by atoms with Crippen molar-refractivity contribution in [1.29, 1.82) is 0 Å². The van der Waals surface area contributed by atoms with E-state index in [2.05, 4.69) is 26.7 Å². The lowest BCUT2D eigenvalue weighted by Gasteiger charge is -2.25. The summed E-state index contributed by atoms with van der Waals surface area (Å²) in [6.45, 7) is 2.01. The molecule has 0 aromatic carbocycles. The summed E-state index contributed by atoms with van der Waals surface area (Å²) in [5.74, 6) is 0.610. The van der Waals surface area contributed by atoms with Crippen LogP contribution in [0.4, 0.5) is 10.8 Å². The number of rotatable bonds is 3. The van der Waals surface area contributed by atoms with Crippen molar-refractivity contribution < 1.29 is 0 Å². The minimum atomic E-state index is 0.610. The molecule has 102 valence electrons. The Morgan fingerprint density at radius 3 is 2.74 bits per heavy atom. The van der Waals surface area contributed by atoms with Gasteiger partial charge >= 0.3 is 0 Å². The van der Waals surface area contributed by atoms with Crippen LogP contribution in [-0.2, 0) is 0 Å². The van der Waals surface area contributed by atoms with Gasteiger partial charge in [0.15, 0.2) is 0 Å². The molecule has 3 rings (SSSR count). The van der Waals surface area contributed by atoms with Gasteiger partial charge in [-0.2, -0.15) is 4.37 Å². The quantitative estimate of drug-likeness (QED) is 0.940. The molecule has 0 radical (unpaired) electrons. The maximum absolute atomic E-state index is 6.06. The summed E-state index contributed by atoms with van der Waals surface area (Å²) in [5.41, 5.74) is 8.13. The zero-order valence-electron chi connectivity index (χ0n) is 11.2. The Labute approximate surface area is 121 Å². The van der Waals surface area contributed by atoms with E-state index in [0.29, 0.717) is 11.9 Å².